The van der Waals surface area contributed by atoms with Crippen molar-refractivity contribution in [1.82, 2.24) is 0 Å². The molecule has 0 spiro atoms. The maximum Gasteiger partial charge on any atom is 0.207 e. The van der Waals surface area contributed by atoms with E-state index in [9.17, 15) is 0 Å². The molecule has 3 heteroatoms. The van der Waals surface area contributed by atoms with Crippen molar-refractivity contribution in [2.75, 3.05) is 19.8 Å². The smallest absolute Gasteiger partial charge is 0.207 e. The van der Waals surface area contributed by atoms with Gasteiger partial charge < -0.3 is 14.2 Å². The van der Waals surface area contributed by atoms with Gasteiger partial charge in [0, 0.05) is 5.41 Å². The third kappa shape index (κ3) is 3.02. The van der Waals surface area contributed by atoms with E-state index in [0.717, 1.165) is 32.0 Å². The summed E-state index contributed by atoms with van der Waals surface area (Å²) in [7, 11) is 0. The fraction of sp³-hybridized carbons (Fsp3) is 0.684. The Morgan fingerprint density at radius 2 is 1.82 bits per heavy atom. The van der Waals surface area contributed by atoms with Gasteiger partial charge in [0.15, 0.2) is 0 Å². The quantitative estimate of drug-likeness (QED) is 0.712. The van der Waals surface area contributed by atoms with Crippen LogP contribution in [0.15, 0.2) is 30.3 Å². The lowest BCUT2D eigenvalue weighted by Crippen LogP contribution is -2.54. The molecule has 0 radical (unpaired) electrons. The van der Waals surface area contributed by atoms with E-state index < -0.39 is 0 Å². The fourth-order valence-electron chi connectivity index (χ4n) is 3.54. The first-order valence-electron chi connectivity index (χ1n) is 8.63. The molecule has 2 aliphatic heterocycles. The number of rotatable bonds is 8. The zero-order valence-corrected chi connectivity index (χ0v) is 13.8. The summed E-state index contributed by atoms with van der Waals surface area (Å²) in [6.45, 7) is 7.26. The monoisotopic (exact) mass is 304 g/mol. The number of benzene rings is 1. The van der Waals surface area contributed by atoms with Gasteiger partial charge in [0.1, 0.15) is 5.75 Å². The second-order valence-electron chi connectivity index (χ2n) is 6.99. The van der Waals surface area contributed by atoms with Crippen molar-refractivity contribution in [1.29, 1.82) is 0 Å². The van der Waals surface area contributed by atoms with Gasteiger partial charge in [0.25, 0.3) is 0 Å². The van der Waals surface area contributed by atoms with Crippen molar-refractivity contribution in [2.45, 2.75) is 52.2 Å². The second-order valence-corrected chi connectivity index (χ2v) is 6.99. The van der Waals surface area contributed by atoms with E-state index in [1.807, 2.05) is 30.3 Å². The summed E-state index contributed by atoms with van der Waals surface area (Å²) in [6.07, 6.45) is 5.94. The molecule has 2 unspecified atom stereocenters. The van der Waals surface area contributed by atoms with Crippen molar-refractivity contribution in [3.63, 3.8) is 0 Å². The zero-order valence-electron chi connectivity index (χ0n) is 13.8. The first-order valence-corrected chi connectivity index (χ1v) is 8.63. The van der Waals surface area contributed by atoms with Gasteiger partial charge in [-0.05, 0) is 37.8 Å². The predicted octanol–water partition coefficient (Wildman–Crippen LogP) is 4.42. The van der Waals surface area contributed by atoms with Crippen LogP contribution in [0.5, 0.6) is 5.75 Å². The summed E-state index contributed by atoms with van der Waals surface area (Å²) in [4.78, 5) is 0. The van der Waals surface area contributed by atoms with E-state index in [1.165, 1.54) is 25.7 Å². The first-order chi connectivity index (χ1) is 10.7. The first kappa shape index (κ1) is 15.8. The number of para-hydroxylation sites is 1. The minimum atomic E-state index is -0.0879. The van der Waals surface area contributed by atoms with Crippen LogP contribution in [-0.4, -0.2) is 26.1 Å². The Balaban J connectivity index is 1.53. The Labute approximate surface area is 134 Å². The molecular formula is C19H28O3. The lowest BCUT2D eigenvalue weighted by molar-refractivity contribution is -0.279. The average molecular weight is 304 g/mol. The molecule has 3 nitrogen and oxygen atoms in total. The van der Waals surface area contributed by atoms with E-state index in [1.54, 1.807) is 0 Å². The Kier molecular flexibility index (Phi) is 4.74. The van der Waals surface area contributed by atoms with Crippen LogP contribution in [0.25, 0.3) is 0 Å². The maximum atomic E-state index is 6.06. The molecule has 0 aliphatic carbocycles. The Morgan fingerprint density at radius 3 is 2.32 bits per heavy atom. The molecular weight excluding hydrogens is 276 g/mol. The van der Waals surface area contributed by atoms with Crippen molar-refractivity contribution < 1.29 is 14.2 Å². The molecule has 0 saturated carbocycles. The summed E-state index contributed by atoms with van der Waals surface area (Å²) in [6, 6.07) is 10.0. The summed E-state index contributed by atoms with van der Waals surface area (Å²) in [5.74, 6) is 0.905. The third-order valence-electron chi connectivity index (χ3n) is 5.66. The molecule has 0 aromatic heterocycles. The normalized spacial score (nSPS) is 29.5. The lowest BCUT2D eigenvalue weighted by Gasteiger charge is -2.49. The lowest BCUT2D eigenvalue weighted by atomic mass is 9.72. The van der Waals surface area contributed by atoms with Gasteiger partial charge in [0.05, 0.1) is 25.2 Å². The Hall–Kier alpha value is -1.06. The van der Waals surface area contributed by atoms with Gasteiger partial charge >= 0.3 is 0 Å². The van der Waals surface area contributed by atoms with Gasteiger partial charge in [-0.15, -0.1) is 0 Å². The largest absolute Gasteiger partial charge is 0.464 e. The minimum absolute atomic E-state index is 0.0879. The molecule has 0 bridgehead atoms. The topological polar surface area (TPSA) is 27.7 Å². The standard InChI is InChI=1S/C19H28O3/c1-3-18(13-20-14-18)11-8-12-19(4-2)15-21-17(19)22-16-9-6-5-7-10-16/h5-7,9-10,17H,3-4,8,11-15H2,1-2H3. The third-order valence-corrected chi connectivity index (χ3v) is 5.66. The van der Waals surface area contributed by atoms with E-state index in [-0.39, 0.29) is 11.7 Å². The van der Waals surface area contributed by atoms with Crippen molar-refractivity contribution in [3.8, 4) is 5.75 Å². The van der Waals surface area contributed by atoms with Crippen LogP contribution in [0.3, 0.4) is 0 Å². The van der Waals surface area contributed by atoms with Crippen LogP contribution in [-0.2, 0) is 9.47 Å². The SMILES string of the molecule is CCC1(CCCC2(CC)COC2Oc2ccccc2)COC1. The van der Waals surface area contributed by atoms with Crippen molar-refractivity contribution in [3.05, 3.63) is 30.3 Å². The van der Waals surface area contributed by atoms with Crippen LogP contribution in [0.4, 0.5) is 0 Å². The van der Waals surface area contributed by atoms with E-state index in [0.29, 0.717) is 5.41 Å². The van der Waals surface area contributed by atoms with Gasteiger partial charge in [-0.25, -0.2) is 0 Å². The van der Waals surface area contributed by atoms with E-state index in [4.69, 9.17) is 14.2 Å². The molecule has 2 aliphatic rings. The molecule has 1 aromatic carbocycles. The molecule has 2 atom stereocenters. The molecule has 2 fully saturated rings. The highest BCUT2D eigenvalue weighted by molar-refractivity contribution is 5.21. The number of ether oxygens (including phenoxy) is 3. The van der Waals surface area contributed by atoms with Crippen molar-refractivity contribution >= 4 is 0 Å². The maximum absolute atomic E-state index is 6.06. The van der Waals surface area contributed by atoms with Crippen LogP contribution in [0, 0.1) is 10.8 Å². The predicted molar refractivity (Wildman–Crippen MR) is 86.9 cm³/mol. The molecule has 3 rings (SSSR count). The molecule has 122 valence electrons. The highest BCUT2D eigenvalue weighted by Gasteiger charge is 2.49. The van der Waals surface area contributed by atoms with Crippen LogP contribution >= 0.6 is 0 Å². The van der Waals surface area contributed by atoms with Gasteiger partial charge in [0.2, 0.25) is 6.29 Å². The van der Waals surface area contributed by atoms with Crippen LogP contribution in [0.2, 0.25) is 0 Å². The van der Waals surface area contributed by atoms with Crippen LogP contribution < -0.4 is 4.74 Å². The molecule has 2 saturated heterocycles. The molecule has 2 heterocycles. The zero-order chi connectivity index (χ0) is 15.5. The van der Waals surface area contributed by atoms with Gasteiger partial charge in [-0.1, -0.05) is 38.5 Å². The highest BCUT2D eigenvalue weighted by atomic mass is 16.7. The summed E-state index contributed by atoms with van der Waals surface area (Å²) in [5.41, 5.74) is 0.644. The van der Waals surface area contributed by atoms with Gasteiger partial charge in [-0.2, -0.15) is 0 Å². The summed E-state index contributed by atoms with van der Waals surface area (Å²) >= 11 is 0. The molecule has 0 amide bonds. The van der Waals surface area contributed by atoms with E-state index >= 15 is 0 Å². The van der Waals surface area contributed by atoms with E-state index in [2.05, 4.69) is 13.8 Å². The molecule has 1 aromatic rings. The Bertz CT molecular complexity index is 459. The summed E-state index contributed by atoms with van der Waals surface area (Å²) < 4.78 is 17.2. The number of hydrogen-bond donors (Lipinski definition) is 0. The average Bonchev–Trinajstić information content (AvgIpc) is 2.51. The Morgan fingerprint density at radius 1 is 1.05 bits per heavy atom. The number of hydrogen-bond acceptors (Lipinski definition) is 3. The highest BCUT2D eigenvalue weighted by Crippen LogP contribution is 2.45. The van der Waals surface area contributed by atoms with Gasteiger partial charge in [-0.3, -0.25) is 0 Å². The second kappa shape index (κ2) is 6.59. The minimum Gasteiger partial charge on any atom is -0.464 e. The van der Waals surface area contributed by atoms with Crippen LogP contribution in [0.1, 0.15) is 46.0 Å². The fourth-order valence-corrected chi connectivity index (χ4v) is 3.54. The molecule has 0 N–H and O–H groups in total. The van der Waals surface area contributed by atoms with Crippen molar-refractivity contribution in [2.24, 2.45) is 10.8 Å². The molecule has 22 heavy (non-hydrogen) atoms. The summed E-state index contributed by atoms with van der Waals surface area (Å²) in [5, 5.41) is 0.